The molecule has 0 fully saturated rings. The third kappa shape index (κ3) is 3.47. The van der Waals surface area contributed by atoms with E-state index in [0.717, 1.165) is 5.56 Å². The number of rotatable bonds is 6. The zero-order valence-corrected chi connectivity index (χ0v) is 14.7. The van der Waals surface area contributed by atoms with Crippen LogP contribution in [-0.2, 0) is 7.05 Å². The second-order valence-corrected chi connectivity index (χ2v) is 6.41. The van der Waals surface area contributed by atoms with Gasteiger partial charge in [0.2, 0.25) is 5.16 Å². The maximum atomic E-state index is 12.2. The Labute approximate surface area is 148 Å². The summed E-state index contributed by atoms with van der Waals surface area (Å²) in [6.07, 6.45) is 1.84. The number of H-pyrrole nitrogens is 1. The van der Waals surface area contributed by atoms with Gasteiger partial charge in [-0.05, 0) is 30.3 Å². The number of Topliss-reactive ketones (excluding diaryl/α,β-unsaturated/α-hetero) is 1. The second-order valence-electron chi connectivity index (χ2n) is 5.03. The maximum Gasteiger partial charge on any atom is 0.209 e. The lowest BCUT2D eigenvalue weighted by molar-refractivity contribution is 0.101. The van der Waals surface area contributed by atoms with Crippen LogP contribution in [0.15, 0.2) is 41.7 Å². The number of thioether (sulfide) groups is 1. The van der Waals surface area contributed by atoms with E-state index in [1.807, 2.05) is 19.3 Å². The van der Waals surface area contributed by atoms with Crippen LogP contribution in [0.4, 0.5) is 0 Å². The molecule has 1 aromatic carbocycles. The van der Waals surface area contributed by atoms with Gasteiger partial charge in [-0.15, -0.1) is 5.10 Å². The molecule has 3 rings (SSSR count). The first-order chi connectivity index (χ1) is 11.6. The minimum absolute atomic E-state index is 0.0270. The minimum Gasteiger partial charge on any atom is -0.496 e. The molecule has 0 amide bonds. The predicted molar refractivity (Wildman–Crippen MR) is 93.8 cm³/mol. The maximum absolute atomic E-state index is 12.2. The van der Waals surface area contributed by atoms with E-state index in [2.05, 4.69) is 15.2 Å². The highest BCUT2D eigenvalue weighted by atomic mass is 35.5. The van der Waals surface area contributed by atoms with Crippen LogP contribution in [0.3, 0.4) is 0 Å². The highest BCUT2D eigenvalue weighted by molar-refractivity contribution is 7.99. The van der Waals surface area contributed by atoms with Crippen LogP contribution in [0, 0.1) is 0 Å². The molecule has 6 nitrogen and oxygen atoms in total. The van der Waals surface area contributed by atoms with Gasteiger partial charge in [-0.2, -0.15) is 0 Å². The Morgan fingerprint density at radius 3 is 2.96 bits per heavy atom. The van der Waals surface area contributed by atoms with Crippen LogP contribution in [0.1, 0.15) is 10.5 Å². The zero-order chi connectivity index (χ0) is 17.1. The lowest BCUT2D eigenvalue weighted by atomic mass is 10.2. The van der Waals surface area contributed by atoms with Gasteiger partial charge in [-0.25, -0.2) is 4.98 Å². The number of hydrogen-bond acceptors (Lipinski definition) is 5. The SMILES string of the molecule is COc1ccc(Cl)cc1-c1nc(SCC(=O)c2cccn2C)n[nH]1. The fraction of sp³-hybridized carbons (Fsp3) is 0.188. The summed E-state index contributed by atoms with van der Waals surface area (Å²) in [5.74, 6) is 1.48. The summed E-state index contributed by atoms with van der Waals surface area (Å²) >= 11 is 7.31. The molecule has 0 aliphatic heterocycles. The summed E-state index contributed by atoms with van der Waals surface area (Å²) < 4.78 is 7.11. The molecule has 0 radical (unpaired) electrons. The van der Waals surface area contributed by atoms with Crippen molar-refractivity contribution in [2.24, 2.45) is 7.05 Å². The van der Waals surface area contributed by atoms with Crippen LogP contribution in [0.2, 0.25) is 5.02 Å². The van der Waals surface area contributed by atoms with Crippen LogP contribution in [0.5, 0.6) is 5.75 Å². The molecule has 0 saturated carbocycles. The lowest BCUT2D eigenvalue weighted by Gasteiger charge is -2.05. The number of ketones is 1. The normalized spacial score (nSPS) is 10.8. The Balaban J connectivity index is 1.73. The molecule has 3 aromatic rings. The average molecular weight is 363 g/mol. The van der Waals surface area contributed by atoms with E-state index in [1.165, 1.54) is 11.8 Å². The van der Waals surface area contributed by atoms with E-state index in [4.69, 9.17) is 16.3 Å². The smallest absolute Gasteiger partial charge is 0.209 e. The molecule has 0 saturated heterocycles. The van der Waals surface area contributed by atoms with Gasteiger partial charge in [0.25, 0.3) is 0 Å². The number of halogens is 1. The topological polar surface area (TPSA) is 72.8 Å². The number of carbonyl (C=O) groups excluding carboxylic acids is 1. The predicted octanol–water partition coefficient (Wildman–Crippen LogP) is 3.45. The van der Waals surface area contributed by atoms with Crippen LogP contribution in [-0.4, -0.2) is 38.4 Å². The first-order valence-corrected chi connectivity index (χ1v) is 8.48. The van der Waals surface area contributed by atoms with Gasteiger partial charge in [0, 0.05) is 18.3 Å². The Kier molecular flexibility index (Phi) is 4.92. The highest BCUT2D eigenvalue weighted by Gasteiger charge is 2.14. The fourth-order valence-electron chi connectivity index (χ4n) is 2.25. The van der Waals surface area contributed by atoms with Crippen molar-refractivity contribution in [1.29, 1.82) is 0 Å². The van der Waals surface area contributed by atoms with E-state index < -0.39 is 0 Å². The number of hydrogen-bond donors (Lipinski definition) is 1. The molecule has 8 heteroatoms. The lowest BCUT2D eigenvalue weighted by Crippen LogP contribution is -2.07. The molecule has 1 N–H and O–H groups in total. The Hall–Kier alpha value is -2.25. The average Bonchev–Trinajstić information content (AvgIpc) is 3.21. The first kappa shape index (κ1) is 16.6. The molecule has 0 atom stereocenters. The summed E-state index contributed by atoms with van der Waals surface area (Å²) in [4.78, 5) is 16.6. The van der Waals surface area contributed by atoms with Gasteiger partial charge in [-0.3, -0.25) is 9.89 Å². The summed E-state index contributed by atoms with van der Waals surface area (Å²) in [5.41, 5.74) is 1.38. The number of aromatic nitrogens is 4. The van der Waals surface area contributed by atoms with E-state index in [1.54, 1.807) is 35.9 Å². The van der Waals surface area contributed by atoms with E-state index in [0.29, 0.717) is 27.4 Å². The van der Waals surface area contributed by atoms with Crippen molar-refractivity contribution in [3.63, 3.8) is 0 Å². The van der Waals surface area contributed by atoms with Gasteiger partial charge in [0.05, 0.1) is 24.1 Å². The van der Waals surface area contributed by atoms with Gasteiger partial charge in [0.1, 0.15) is 5.75 Å². The van der Waals surface area contributed by atoms with Crippen molar-refractivity contribution in [2.75, 3.05) is 12.9 Å². The van der Waals surface area contributed by atoms with Gasteiger partial charge in [0.15, 0.2) is 11.6 Å². The monoisotopic (exact) mass is 362 g/mol. The summed E-state index contributed by atoms with van der Waals surface area (Å²) in [7, 11) is 3.42. The molecule has 2 aromatic heterocycles. The molecule has 0 aliphatic rings. The molecule has 124 valence electrons. The van der Waals surface area contributed by atoms with Crippen LogP contribution in [0.25, 0.3) is 11.4 Å². The van der Waals surface area contributed by atoms with E-state index >= 15 is 0 Å². The molecule has 24 heavy (non-hydrogen) atoms. The molecular formula is C16H15ClN4O2S. The quantitative estimate of drug-likeness (QED) is 0.537. The van der Waals surface area contributed by atoms with Crippen LogP contribution < -0.4 is 4.74 Å². The van der Waals surface area contributed by atoms with Gasteiger partial charge >= 0.3 is 0 Å². The Bertz CT molecular complexity index is 875. The highest BCUT2D eigenvalue weighted by Crippen LogP contribution is 2.31. The van der Waals surface area contributed by atoms with Crippen molar-refractivity contribution in [1.82, 2.24) is 19.7 Å². The van der Waals surface area contributed by atoms with E-state index in [-0.39, 0.29) is 11.5 Å². The van der Waals surface area contributed by atoms with Gasteiger partial charge < -0.3 is 9.30 Å². The van der Waals surface area contributed by atoms with Crippen LogP contribution >= 0.6 is 23.4 Å². The van der Waals surface area contributed by atoms with Crippen molar-refractivity contribution in [2.45, 2.75) is 5.16 Å². The number of methoxy groups -OCH3 is 1. The van der Waals surface area contributed by atoms with Crippen molar-refractivity contribution in [3.05, 3.63) is 47.2 Å². The van der Waals surface area contributed by atoms with Crippen molar-refractivity contribution in [3.8, 4) is 17.1 Å². The largest absolute Gasteiger partial charge is 0.496 e. The first-order valence-electron chi connectivity index (χ1n) is 7.12. The number of aryl methyl sites for hydroxylation is 1. The fourth-order valence-corrected chi connectivity index (χ4v) is 3.10. The number of carbonyl (C=O) groups is 1. The van der Waals surface area contributed by atoms with E-state index in [9.17, 15) is 4.79 Å². The van der Waals surface area contributed by atoms with Gasteiger partial charge in [-0.1, -0.05) is 23.4 Å². The summed E-state index contributed by atoms with van der Waals surface area (Å²) in [6.45, 7) is 0. The number of nitrogens with one attached hydrogen (secondary N) is 1. The standard InChI is InChI=1S/C16H15ClN4O2S/c1-21-7-3-4-12(21)13(22)9-24-16-18-15(19-20-16)11-8-10(17)5-6-14(11)23-2/h3-8H,9H2,1-2H3,(H,18,19,20). The summed E-state index contributed by atoms with van der Waals surface area (Å²) in [6, 6.07) is 8.90. The molecule has 2 heterocycles. The molecule has 0 spiro atoms. The third-order valence-electron chi connectivity index (χ3n) is 3.44. The Morgan fingerprint density at radius 2 is 2.25 bits per heavy atom. The molecule has 0 aliphatic carbocycles. The van der Waals surface area contributed by atoms with Crippen molar-refractivity contribution >= 4 is 29.1 Å². The number of ether oxygens (including phenoxy) is 1. The Morgan fingerprint density at radius 1 is 1.42 bits per heavy atom. The third-order valence-corrected chi connectivity index (χ3v) is 4.53. The molecule has 0 unspecified atom stereocenters. The number of nitrogens with zero attached hydrogens (tertiary/aromatic N) is 3. The number of aromatic amines is 1. The number of benzene rings is 1. The second kappa shape index (κ2) is 7.11. The molecular weight excluding hydrogens is 348 g/mol. The minimum atomic E-state index is 0.0270. The summed E-state index contributed by atoms with van der Waals surface area (Å²) in [5, 5.41) is 8.07. The zero-order valence-electron chi connectivity index (χ0n) is 13.1. The van der Waals surface area contributed by atoms with Crippen molar-refractivity contribution < 1.29 is 9.53 Å². The molecule has 0 bridgehead atoms.